The molecule has 146 valence electrons. The molecule has 0 bridgehead atoms. The Balaban J connectivity index is 1.45. The molecule has 3 aromatic rings. The van der Waals surface area contributed by atoms with Crippen molar-refractivity contribution in [1.29, 1.82) is 0 Å². The highest BCUT2D eigenvalue weighted by atomic mass is 32.2. The molecule has 0 unspecified atom stereocenters. The summed E-state index contributed by atoms with van der Waals surface area (Å²) in [6.45, 7) is 6.13. The van der Waals surface area contributed by atoms with Crippen LogP contribution in [0.3, 0.4) is 0 Å². The van der Waals surface area contributed by atoms with Crippen molar-refractivity contribution in [3.63, 3.8) is 0 Å². The summed E-state index contributed by atoms with van der Waals surface area (Å²) in [4.78, 5) is 12.4. The number of anilines is 1. The van der Waals surface area contributed by atoms with Gasteiger partial charge in [-0.3, -0.25) is 14.7 Å². The molecule has 0 spiro atoms. The Bertz CT molecular complexity index is 970. The molecule has 0 radical (unpaired) electrons. The molecule has 2 heterocycles. The van der Waals surface area contributed by atoms with Crippen molar-refractivity contribution in [3.05, 3.63) is 47.9 Å². The summed E-state index contributed by atoms with van der Waals surface area (Å²) < 4.78 is 7.28. The zero-order valence-corrected chi connectivity index (χ0v) is 17.0. The Kier molecular flexibility index (Phi) is 4.97. The van der Waals surface area contributed by atoms with Gasteiger partial charge in [-0.15, -0.1) is 10.2 Å². The van der Waals surface area contributed by atoms with E-state index in [0.29, 0.717) is 11.8 Å². The van der Waals surface area contributed by atoms with E-state index in [-0.39, 0.29) is 17.1 Å². The number of para-hydroxylation sites is 1. The number of aromatic nitrogens is 4. The minimum Gasteiger partial charge on any atom is -0.338 e. The highest BCUT2D eigenvalue weighted by Crippen LogP contribution is 2.41. The fourth-order valence-electron chi connectivity index (χ4n) is 2.79. The summed E-state index contributed by atoms with van der Waals surface area (Å²) in [5, 5.41) is 16.2. The number of nitrogens with one attached hydrogen (secondary N) is 1. The van der Waals surface area contributed by atoms with E-state index in [1.165, 1.54) is 11.8 Å². The lowest BCUT2D eigenvalue weighted by atomic mass is 9.92. The van der Waals surface area contributed by atoms with Crippen LogP contribution in [-0.4, -0.2) is 31.6 Å². The van der Waals surface area contributed by atoms with Gasteiger partial charge in [-0.1, -0.05) is 55.9 Å². The fourth-order valence-corrected chi connectivity index (χ4v) is 3.55. The smallest absolute Gasteiger partial charge is 0.237 e. The normalized spacial score (nSPS) is 14.2. The number of carbonyl (C=O) groups is 1. The van der Waals surface area contributed by atoms with E-state index in [1.54, 1.807) is 6.07 Å². The van der Waals surface area contributed by atoms with Crippen LogP contribution in [-0.2, 0) is 10.2 Å². The molecule has 1 saturated carbocycles. The van der Waals surface area contributed by atoms with Gasteiger partial charge in [0.05, 0.1) is 11.4 Å². The highest BCUT2D eigenvalue weighted by molar-refractivity contribution is 7.99. The molecular weight excluding hydrogens is 374 g/mol. The van der Waals surface area contributed by atoms with Crippen molar-refractivity contribution in [1.82, 2.24) is 19.9 Å². The van der Waals surface area contributed by atoms with Crippen molar-refractivity contribution in [2.24, 2.45) is 0 Å². The molecule has 1 aliphatic carbocycles. The number of carbonyl (C=O) groups excluding carboxylic acids is 1. The monoisotopic (exact) mass is 397 g/mol. The second-order valence-electron chi connectivity index (χ2n) is 7.95. The maximum atomic E-state index is 12.4. The average Bonchev–Trinajstić information content (AvgIpc) is 3.23. The van der Waals surface area contributed by atoms with Gasteiger partial charge >= 0.3 is 0 Å². The first-order valence-electron chi connectivity index (χ1n) is 9.32. The Hall–Kier alpha value is -2.61. The summed E-state index contributed by atoms with van der Waals surface area (Å²) in [6, 6.07) is 11.8. The molecule has 4 rings (SSSR count). The van der Waals surface area contributed by atoms with Crippen molar-refractivity contribution >= 4 is 23.6 Å². The van der Waals surface area contributed by atoms with E-state index >= 15 is 0 Å². The van der Waals surface area contributed by atoms with Gasteiger partial charge in [-0.05, 0) is 25.0 Å². The minimum absolute atomic E-state index is 0.132. The van der Waals surface area contributed by atoms with Crippen molar-refractivity contribution in [2.45, 2.75) is 50.1 Å². The summed E-state index contributed by atoms with van der Waals surface area (Å²) >= 11 is 1.36. The quantitative estimate of drug-likeness (QED) is 0.629. The summed E-state index contributed by atoms with van der Waals surface area (Å²) in [7, 11) is 0. The Morgan fingerprint density at radius 2 is 2.00 bits per heavy atom. The maximum Gasteiger partial charge on any atom is 0.237 e. The molecule has 28 heavy (non-hydrogen) atoms. The first-order chi connectivity index (χ1) is 13.4. The zero-order valence-electron chi connectivity index (χ0n) is 16.2. The fraction of sp³-hybridized carbons (Fsp3) is 0.400. The maximum absolute atomic E-state index is 12.4. The van der Waals surface area contributed by atoms with E-state index in [9.17, 15) is 4.79 Å². The van der Waals surface area contributed by atoms with Gasteiger partial charge in [0.1, 0.15) is 5.82 Å². The molecule has 1 fully saturated rings. The van der Waals surface area contributed by atoms with Crippen LogP contribution in [0.4, 0.5) is 5.88 Å². The van der Waals surface area contributed by atoms with Gasteiger partial charge in [-0.2, -0.15) is 0 Å². The number of hydrogen-bond donors (Lipinski definition) is 1. The van der Waals surface area contributed by atoms with E-state index in [1.807, 2.05) is 51.1 Å². The average molecular weight is 398 g/mol. The van der Waals surface area contributed by atoms with Gasteiger partial charge in [0.15, 0.2) is 5.16 Å². The van der Waals surface area contributed by atoms with Crippen LogP contribution in [0.25, 0.3) is 5.69 Å². The molecule has 0 saturated heterocycles. The van der Waals surface area contributed by atoms with E-state index < -0.39 is 0 Å². The number of rotatable bonds is 6. The van der Waals surface area contributed by atoms with E-state index in [2.05, 4.69) is 25.2 Å². The third kappa shape index (κ3) is 4.11. The predicted octanol–water partition coefficient (Wildman–Crippen LogP) is 4.16. The van der Waals surface area contributed by atoms with Gasteiger partial charge < -0.3 is 4.52 Å². The van der Waals surface area contributed by atoms with Crippen LogP contribution >= 0.6 is 11.8 Å². The molecule has 0 atom stereocenters. The van der Waals surface area contributed by atoms with Gasteiger partial charge in [-0.25, -0.2) is 0 Å². The highest BCUT2D eigenvalue weighted by Gasteiger charge is 2.31. The van der Waals surface area contributed by atoms with E-state index in [4.69, 9.17) is 4.52 Å². The largest absolute Gasteiger partial charge is 0.338 e. The SMILES string of the molecule is CC(C)(C)c1cc(NC(=O)CSc2nnc(C3CC3)n2-c2ccccc2)on1. The van der Waals surface area contributed by atoms with Crippen LogP contribution in [0.15, 0.2) is 46.1 Å². The molecule has 1 aromatic carbocycles. The molecular formula is C20H23N5O2S. The van der Waals surface area contributed by atoms with Crippen LogP contribution < -0.4 is 5.32 Å². The Morgan fingerprint density at radius 1 is 1.25 bits per heavy atom. The first-order valence-corrected chi connectivity index (χ1v) is 10.3. The minimum atomic E-state index is -0.169. The number of amides is 1. The van der Waals surface area contributed by atoms with Gasteiger partial charge in [0, 0.05) is 23.1 Å². The second-order valence-corrected chi connectivity index (χ2v) is 8.89. The summed E-state index contributed by atoms with van der Waals surface area (Å²) in [5.41, 5.74) is 1.68. The number of nitrogens with zero attached hydrogens (tertiary/aromatic N) is 4. The molecule has 1 amide bonds. The third-order valence-corrected chi connectivity index (χ3v) is 5.42. The molecule has 1 N–H and O–H groups in total. The molecule has 7 nitrogen and oxygen atoms in total. The van der Waals surface area contributed by atoms with Crippen molar-refractivity contribution in [2.75, 3.05) is 11.1 Å². The molecule has 2 aromatic heterocycles. The molecule has 1 aliphatic rings. The lowest BCUT2D eigenvalue weighted by molar-refractivity contribution is -0.113. The third-order valence-electron chi connectivity index (χ3n) is 4.49. The topological polar surface area (TPSA) is 85.8 Å². The molecule has 8 heteroatoms. The zero-order chi connectivity index (χ0) is 19.7. The van der Waals surface area contributed by atoms with Crippen LogP contribution in [0, 0.1) is 0 Å². The van der Waals surface area contributed by atoms with Gasteiger partial charge in [0.2, 0.25) is 11.8 Å². The molecule has 0 aliphatic heterocycles. The van der Waals surface area contributed by atoms with Gasteiger partial charge in [0.25, 0.3) is 0 Å². The Morgan fingerprint density at radius 3 is 2.64 bits per heavy atom. The van der Waals surface area contributed by atoms with Crippen LogP contribution in [0.5, 0.6) is 0 Å². The predicted molar refractivity (Wildman–Crippen MR) is 108 cm³/mol. The Labute approximate surface area is 167 Å². The van der Waals surface area contributed by atoms with Crippen LogP contribution in [0.2, 0.25) is 0 Å². The van der Waals surface area contributed by atoms with E-state index in [0.717, 1.165) is 35.2 Å². The number of hydrogen-bond acceptors (Lipinski definition) is 6. The first kappa shape index (κ1) is 18.7. The summed E-state index contributed by atoms with van der Waals surface area (Å²) in [5.74, 6) is 1.83. The standard InChI is InChI=1S/C20H23N5O2S/c1-20(2,3)15-11-17(27-24-15)21-16(26)12-28-19-23-22-18(13-9-10-13)25(19)14-7-5-4-6-8-14/h4-8,11,13H,9-10,12H2,1-3H3,(H,21,26). The second kappa shape index (κ2) is 7.43. The lowest BCUT2D eigenvalue weighted by Gasteiger charge is -2.12. The lowest BCUT2D eigenvalue weighted by Crippen LogP contribution is -2.14. The number of benzene rings is 1. The van der Waals surface area contributed by atoms with Crippen molar-refractivity contribution in [3.8, 4) is 5.69 Å². The summed E-state index contributed by atoms with van der Waals surface area (Å²) in [6.07, 6.45) is 2.27. The number of thioether (sulfide) groups is 1. The van der Waals surface area contributed by atoms with Crippen LogP contribution in [0.1, 0.15) is 51.0 Å². The van der Waals surface area contributed by atoms with Crippen molar-refractivity contribution < 1.29 is 9.32 Å².